The molecule has 4 heteroatoms. The molecule has 1 aromatic rings. The first-order valence-corrected chi connectivity index (χ1v) is 5.99. The van der Waals surface area contributed by atoms with E-state index >= 15 is 0 Å². The Balaban J connectivity index is 2.30. The van der Waals surface area contributed by atoms with Crippen LogP contribution in [0, 0.1) is 0 Å². The number of carbonyl (C=O) groups excluding carboxylic acids is 1. The maximum Gasteiger partial charge on any atom is 0.253 e. The van der Waals surface area contributed by atoms with Crippen LogP contribution in [0.5, 0.6) is 0 Å². The summed E-state index contributed by atoms with van der Waals surface area (Å²) in [5, 5.41) is 1.42. The summed E-state index contributed by atoms with van der Waals surface area (Å²) in [5.74, 6) is 0.352. The first-order valence-electron chi connectivity index (χ1n) is 5.99. The van der Waals surface area contributed by atoms with Crippen molar-refractivity contribution in [2.45, 2.75) is 25.7 Å². The van der Waals surface area contributed by atoms with Gasteiger partial charge in [0.2, 0.25) is 0 Å². The van der Waals surface area contributed by atoms with Crippen LogP contribution in [0.1, 0.15) is 31.2 Å². The summed E-state index contributed by atoms with van der Waals surface area (Å²) >= 11 is 0. The quantitative estimate of drug-likeness (QED) is 0.864. The van der Waals surface area contributed by atoms with E-state index in [1.54, 1.807) is 0 Å². The second-order valence-electron chi connectivity index (χ2n) is 4.31. The standard InChI is InChI=1S/C13H18N2O2/c1-10(6-8-14)11-4-2-3-5-12(11)15-13(16)7-9-17-15/h2-5,10H,6-9,14H2,1H3. The molecule has 0 radical (unpaired) electrons. The zero-order valence-corrected chi connectivity index (χ0v) is 10.1. The molecule has 1 unspecified atom stereocenters. The topological polar surface area (TPSA) is 55.6 Å². The summed E-state index contributed by atoms with van der Waals surface area (Å²) in [6, 6.07) is 7.85. The average molecular weight is 234 g/mol. The number of para-hydroxylation sites is 1. The van der Waals surface area contributed by atoms with Crippen molar-refractivity contribution in [3.63, 3.8) is 0 Å². The van der Waals surface area contributed by atoms with E-state index in [9.17, 15) is 4.79 Å². The number of benzene rings is 1. The van der Waals surface area contributed by atoms with Gasteiger partial charge in [0.15, 0.2) is 0 Å². The van der Waals surface area contributed by atoms with Crippen molar-refractivity contribution in [2.24, 2.45) is 5.73 Å². The van der Waals surface area contributed by atoms with Crippen LogP contribution in [-0.2, 0) is 9.63 Å². The SMILES string of the molecule is CC(CCN)c1ccccc1N1OCCC1=O. The molecule has 0 bridgehead atoms. The minimum Gasteiger partial charge on any atom is -0.330 e. The predicted molar refractivity (Wildman–Crippen MR) is 66.6 cm³/mol. The van der Waals surface area contributed by atoms with E-state index in [4.69, 9.17) is 10.6 Å². The molecule has 4 nitrogen and oxygen atoms in total. The van der Waals surface area contributed by atoms with Gasteiger partial charge in [-0.2, -0.15) is 5.06 Å². The number of amides is 1. The summed E-state index contributed by atoms with van der Waals surface area (Å²) in [7, 11) is 0. The van der Waals surface area contributed by atoms with Gasteiger partial charge in [-0.05, 0) is 30.5 Å². The van der Waals surface area contributed by atoms with Crippen LogP contribution in [-0.4, -0.2) is 19.1 Å². The molecule has 1 heterocycles. The first kappa shape index (κ1) is 12.1. The summed E-state index contributed by atoms with van der Waals surface area (Å²) in [4.78, 5) is 17.1. The highest BCUT2D eigenvalue weighted by atomic mass is 16.7. The Morgan fingerprint density at radius 3 is 2.88 bits per heavy atom. The highest BCUT2D eigenvalue weighted by molar-refractivity contribution is 5.93. The summed E-state index contributed by atoms with van der Waals surface area (Å²) in [6.45, 7) is 3.23. The number of carbonyl (C=O) groups is 1. The zero-order valence-electron chi connectivity index (χ0n) is 10.1. The van der Waals surface area contributed by atoms with Crippen molar-refractivity contribution >= 4 is 11.6 Å². The minimum atomic E-state index is 0.0254. The molecular weight excluding hydrogens is 216 g/mol. The summed E-state index contributed by atoms with van der Waals surface area (Å²) in [5.41, 5.74) is 7.56. The number of nitrogens with two attached hydrogens (primary N) is 1. The molecule has 1 amide bonds. The molecule has 1 atom stereocenters. The molecule has 0 aliphatic carbocycles. The maximum absolute atomic E-state index is 11.7. The van der Waals surface area contributed by atoms with Crippen LogP contribution in [0.4, 0.5) is 5.69 Å². The molecule has 0 aromatic heterocycles. The summed E-state index contributed by atoms with van der Waals surface area (Å²) in [6.07, 6.45) is 1.36. The Labute approximate surface area is 101 Å². The second kappa shape index (κ2) is 5.29. The molecule has 1 saturated heterocycles. The fraction of sp³-hybridized carbons (Fsp3) is 0.462. The van der Waals surface area contributed by atoms with Gasteiger partial charge < -0.3 is 5.73 Å². The van der Waals surface area contributed by atoms with Crippen LogP contribution in [0.25, 0.3) is 0 Å². The highest BCUT2D eigenvalue weighted by Gasteiger charge is 2.26. The number of rotatable bonds is 4. The van der Waals surface area contributed by atoms with Gasteiger partial charge in [0.1, 0.15) is 0 Å². The number of hydrogen-bond donors (Lipinski definition) is 1. The Bertz CT molecular complexity index is 406. The van der Waals surface area contributed by atoms with E-state index in [2.05, 4.69) is 6.92 Å². The van der Waals surface area contributed by atoms with Crippen LogP contribution < -0.4 is 10.8 Å². The number of hydrogen-bond acceptors (Lipinski definition) is 3. The van der Waals surface area contributed by atoms with Gasteiger partial charge in [-0.1, -0.05) is 25.1 Å². The molecule has 1 aromatic carbocycles. The lowest BCUT2D eigenvalue weighted by Crippen LogP contribution is -2.24. The van der Waals surface area contributed by atoms with Gasteiger partial charge in [-0.3, -0.25) is 9.63 Å². The Morgan fingerprint density at radius 2 is 2.24 bits per heavy atom. The van der Waals surface area contributed by atoms with E-state index in [0.717, 1.165) is 17.7 Å². The molecular formula is C13H18N2O2. The van der Waals surface area contributed by atoms with Crippen LogP contribution in [0.3, 0.4) is 0 Å². The van der Waals surface area contributed by atoms with Gasteiger partial charge in [-0.15, -0.1) is 0 Å². The van der Waals surface area contributed by atoms with Crippen molar-refractivity contribution in [2.75, 3.05) is 18.2 Å². The molecule has 0 saturated carbocycles. The van der Waals surface area contributed by atoms with E-state index in [1.807, 2.05) is 24.3 Å². The molecule has 92 valence electrons. The third kappa shape index (κ3) is 2.48. The molecule has 2 N–H and O–H groups in total. The van der Waals surface area contributed by atoms with Gasteiger partial charge >= 0.3 is 0 Å². The molecule has 1 fully saturated rings. The van der Waals surface area contributed by atoms with E-state index in [-0.39, 0.29) is 5.91 Å². The first-order chi connectivity index (χ1) is 8.24. The van der Waals surface area contributed by atoms with E-state index in [1.165, 1.54) is 5.06 Å². The monoisotopic (exact) mass is 234 g/mol. The lowest BCUT2D eigenvalue weighted by Gasteiger charge is -2.21. The van der Waals surface area contributed by atoms with Crippen LogP contribution in [0.2, 0.25) is 0 Å². The van der Waals surface area contributed by atoms with E-state index in [0.29, 0.717) is 25.5 Å². The highest BCUT2D eigenvalue weighted by Crippen LogP contribution is 2.31. The fourth-order valence-electron chi connectivity index (χ4n) is 2.10. The Morgan fingerprint density at radius 1 is 1.47 bits per heavy atom. The smallest absolute Gasteiger partial charge is 0.253 e. The molecule has 17 heavy (non-hydrogen) atoms. The Kier molecular flexibility index (Phi) is 3.76. The van der Waals surface area contributed by atoms with Gasteiger partial charge in [-0.25, -0.2) is 0 Å². The van der Waals surface area contributed by atoms with Crippen LogP contribution in [0.15, 0.2) is 24.3 Å². The van der Waals surface area contributed by atoms with E-state index < -0.39 is 0 Å². The van der Waals surface area contributed by atoms with Crippen LogP contribution >= 0.6 is 0 Å². The van der Waals surface area contributed by atoms with Crippen molar-refractivity contribution in [1.29, 1.82) is 0 Å². The van der Waals surface area contributed by atoms with Crippen molar-refractivity contribution in [1.82, 2.24) is 0 Å². The molecule has 1 aliphatic heterocycles. The minimum absolute atomic E-state index is 0.0254. The lowest BCUT2D eigenvalue weighted by molar-refractivity contribution is -0.119. The third-order valence-electron chi connectivity index (χ3n) is 3.05. The lowest BCUT2D eigenvalue weighted by atomic mass is 9.96. The largest absolute Gasteiger partial charge is 0.330 e. The van der Waals surface area contributed by atoms with Gasteiger partial charge in [0, 0.05) is 0 Å². The molecule has 2 rings (SSSR count). The van der Waals surface area contributed by atoms with Crippen molar-refractivity contribution in [3.05, 3.63) is 29.8 Å². The maximum atomic E-state index is 11.7. The van der Waals surface area contributed by atoms with Crippen molar-refractivity contribution < 1.29 is 9.63 Å². The number of anilines is 1. The number of hydroxylamine groups is 1. The van der Waals surface area contributed by atoms with Gasteiger partial charge in [0.05, 0.1) is 18.7 Å². The number of nitrogens with zero attached hydrogens (tertiary/aromatic N) is 1. The second-order valence-corrected chi connectivity index (χ2v) is 4.31. The average Bonchev–Trinajstić information content (AvgIpc) is 2.76. The normalized spacial score (nSPS) is 17.5. The molecule has 1 aliphatic rings. The Hall–Kier alpha value is -1.39. The predicted octanol–water partition coefficient (Wildman–Crippen LogP) is 1.81. The summed E-state index contributed by atoms with van der Waals surface area (Å²) < 4.78 is 0. The molecule has 0 spiro atoms. The zero-order chi connectivity index (χ0) is 12.3. The van der Waals surface area contributed by atoms with Gasteiger partial charge in [0.25, 0.3) is 5.91 Å². The third-order valence-corrected chi connectivity index (χ3v) is 3.05. The van der Waals surface area contributed by atoms with Crippen molar-refractivity contribution in [3.8, 4) is 0 Å². The fourth-order valence-corrected chi connectivity index (χ4v) is 2.10.